The first-order valence-electron chi connectivity index (χ1n) is 9.46. The largest absolute Gasteiger partial charge is 0.457 e. The molecular weight excluding hydrogens is 344 g/mol. The maximum absolute atomic E-state index is 11.8. The zero-order chi connectivity index (χ0) is 18.8. The van der Waals surface area contributed by atoms with E-state index in [9.17, 15) is 9.59 Å². The molecule has 2 fully saturated rings. The van der Waals surface area contributed by atoms with Gasteiger partial charge in [-0.2, -0.15) is 0 Å². The van der Waals surface area contributed by atoms with E-state index in [1.54, 1.807) is 0 Å². The molecule has 0 atom stereocenters. The highest BCUT2D eigenvalue weighted by Crippen LogP contribution is 2.15. The van der Waals surface area contributed by atoms with Crippen molar-refractivity contribution < 1.29 is 38.0 Å². The second kappa shape index (κ2) is 11.5. The van der Waals surface area contributed by atoms with Gasteiger partial charge in [0.1, 0.15) is 12.2 Å². The average molecular weight is 374 g/mol. The zero-order valence-corrected chi connectivity index (χ0v) is 15.6. The van der Waals surface area contributed by atoms with Crippen LogP contribution in [0.15, 0.2) is 0 Å². The van der Waals surface area contributed by atoms with Gasteiger partial charge >= 0.3 is 11.9 Å². The minimum atomic E-state index is -0.466. The van der Waals surface area contributed by atoms with Crippen molar-refractivity contribution in [2.24, 2.45) is 0 Å². The van der Waals surface area contributed by atoms with Gasteiger partial charge in [-0.3, -0.25) is 9.59 Å². The summed E-state index contributed by atoms with van der Waals surface area (Å²) in [6.07, 6.45) is 2.19. The molecule has 0 spiro atoms. The standard InChI is InChI=1S/C18H30O8/c1-3-5-17-21-9-13(10-22-17)25-15(19)7-8-16(20)26-14-11-23-18(6-4-2)24-12-14/h13-14,17-18H,3-12H2,1-2H3. The third kappa shape index (κ3) is 7.57. The maximum Gasteiger partial charge on any atom is 0.306 e. The summed E-state index contributed by atoms with van der Waals surface area (Å²) >= 11 is 0. The molecule has 26 heavy (non-hydrogen) atoms. The van der Waals surface area contributed by atoms with E-state index in [2.05, 4.69) is 0 Å². The molecule has 2 aliphatic rings. The van der Waals surface area contributed by atoms with Crippen molar-refractivity contribution in [3.63, 3.8) is 0 Å². The predicted molar refractivity (Wildman–Crippen MR) is 90.2 cm³/mol. The van der Waals surface area contributed by atoms with Crippen molar-refractivity contribution >= 4 is 11.9 Å². The molecule has 0 N–H and O–H groups in total. The van der Waals surface area contributed by atoms with Crippen LogP contribution in [0, 0.1) is 0 Å². The third-order valence-electron chi connectivity index (χ3n) is 4.05. The molecule has 0 aromatic rings. The number of carbonyl (C=O) groups excluding carboxylic acids is 2. The highest BCUT2D eigenvalue weighted by atomic mass is 16.7. The lowest BCUT2D eigenvalue weighted by atomic mass is 10.3. The molecule has 0 bridgehead atoms. The maximum atomic E-state index is 11.8. The molecule has 2 saturated heterocycles. The van der Waals surface area contributed by atoms with E-state index in [0.29, 0.717) is 26.4 Å². The molecular formula is C18H30O8. The van der Waals surface area contributed by atoms with Crippen LogP contribution in [0.4, 0.5) is 0 Å². The first-order valence-corrected chi connectivity index (χ1v) is 9.46. The summed E-state index contributed by atoms with van der Waals surface area (Å²) in [6.45, 7) is 5.36. The fraction of sp³-hybridized carbons (Fsp3) is 0.889. The van der Waals surface area contributed by atoms with Crippen LogP contribution in [-0.4, -0.2) is 63.2 Å². The molecule has 0 amide bonds. The highest BCUT2D eigenvalue weighted by molar-refractivity contribution is 5.77. The molecule has 150 valence electrons. The van der Waals surface area contributed by atoms with Crippen LogP contribution in [0.5, 0.6) is 0 Å². The van der Waals surface area contributed by atoms with E-state index in [-0.39, 0.29) is 25.4 Å². The Morgan fingerprint density at radius 3 is 1.38 bits per heavy atom. The van der Waals surface area contributed by atoms with Gasteiger partial charge in [0.25, 0.3) is 0 Å². The molecule has 2 rings (SSSR count). The van der Waals surface area contributed by atoms with E-state index in [4.69, 9.17) is 28.4 Å². The molecule has 0 unspecified atom stereocenters. The van der Waals surface area contributed by atoms with Crippen LogP contribution in [0.3, 0.4) is 0 Å². The van der Waals surface area contributed by atoms with Crippen molar-refractivity contribution in [1.29, 1.82) is 0 Å². The smallest absolute Gasteiger partial charge is 0.306 e. The second-order valence-electron chi connectivity index (χ2n) is 6.49. The second-order valence-corrected chi connectivity index (χ2v) is 6.49. The SMILES string of the molecule is CCCC1OCC(OC(=O)CCC(=O)OC2COC(CCC)OC2)CO1. The van der Waals surface area contributed by atoms with Crippen LogP contribution in [0.1, 0.15) is 52.4 Å². The molecule has 2 aliphatic heterocycles. The van der Waals surface area contributed by atoms with Gasteiger partial charge in [-0.05, 0) is 12.8 Å². The Balaban J connectivity index is 1.55. The normalized spacial score (nSPS) is 29.2. The molecule has 0 radical (unpaired) electrons. The van der Waals surface area contributed by atoms with Gasteiger partial charge in [0.15, 0.2) is 12.6 Å². The minimum Gasteiger partial charge on any atom is -0.457 e. The van der Waals surface area contributed by atoms with E-state index in [0.717, 1.165) is 25.7 Å². The van der Waals surface area contributed by atoms with Crippen molar-refractivity contribution in [3.8, 4) is 0 Å². The zero-order valence-electron chi connectivity index (χ0n) is 15.6. The summed E-state index contributed by atoms with van der Waals surface area (Å²) in [5.74, 6) is -0.931. The number of hydrogen-bond donors (Lipinski definition) is 0. The summed E-state index contributed by atoms with van der Waals surface area (Å²) in [4.78, 5) is 23.7. The van der Waals surface area contributed by atoms with Crippen molar-refractivity contribution in [2.75, 3.05) is 26.4 Å². The predicted octanol–water partition coefficient (Wildman–Crippen LogP) is 1.94. The van der Waals surface area contributed by atoms with E-state index < -0.39 is 24.1 Å². The fourth-order valence-corrected chi connectivity index (χ4v) is 2.69. The van der Waals surface area contributed by atoms with Crippen LogP contribution in [-0.2, 0) is 38.0 Å². The molecule has 0 aromatic carbocycles. The molecule has 0 saturated carbocycles. The Morgan fingerprint density at radius 2 is 1.08 bits per heavy atom. The number of rotatable bonds is 9. The summed E-state index contributed by atoms with van der Waals surface area (Å²) in [6, 6.07) is 0. The van der Waals surface area contributed by atoms with Gasteiger partial charge in [-0.25, -0.2) is 0 Å². The molecule has 0 aromatic heterocycles. The van der Waals surface area contributed by atoms with Crippen LogP contribution < -0.4 is 0 Å². The minimum absolute atomic E-state index is 0.0411. The Labute approximate surface area is 154 Å². The molecule has 8 heteroatoms. The first-order chi connectivity index (χ1) is 12.6. The Morgan fingerprint density at radius 1 is 0.731 bits per heavy atom. The van der Waals surface area contributed by atoms with Gasteiger partial charge in [0, 0.05) is 0 Å². The Bertz CT molecular complexity index is 385. The lowest BCUT2D eigenvalue weighted by Gasteiger charge is -2.29. The van der Waals surface area contributed by atoms with Crippen LogP contribution in [0.25, 0.3) is 0 Å². The summed E-state index contributed by atoms with van der Waals surface area (Å²) in [5, 5.41) is 0. The van der Waals surface area contributed by atoms with Gasteiger partial charge in [-0.15, -0.1) is 0 Å². The number of ether oxygens (including phenoxy) is 6. The van der Waals surface area contributed by atoms with Gasteiger partial charge in [-0.1, -0.05) is 26.7 Å². The summed E-state index contributed by atoms with van der Waals surface area (Å²) in [7, 11) is 0. The van der Waals surface area contributed by atoms with E-state index in [1.807, 2.05) is 13.8 Å². The lowest BCUT2D eigenvalue weighted by Crippen LogP contribution is -2.39. The van der Waals surface area contributed by atoms with Crippen molar-refractivity contribution in [1.82, 2.24) is 0 Å². The quantitative estimate of drug-likeness (QED) is 0.566. The Hall–Kier alpha value is -1.22. The van der Waals surface area contributed by atoms with Gasteiger partial charge < -0.3 is 28.4 Å². The summed E-state index contributed by atoms with van der Waals surface area (Å²) in [5.41, 5.74) is 0. The average Bonchev–Trinajstić information content (AvgIpc) is 2.64. The van der Waals surface area contributed by atoms with Crippen molar-refractivity contribution in [2.45, 2.75) is 77.2 Å². The third-order valence-corrected chi connectivity index (χ3v) is 4.05. The highest BCUT2D eigenvalue weighted by Gasteiger charge is 2.26. The fourth-order valence-electron chi connectivity index (χ4n) is 2.69. The van der Waals surface area contributed by atoms with Gasteiger partial charge in [0.2, 0.25) is 0 Å². The van der Waals surface area contributed by atoms with E-state index in [1.165, 1.54) is 0 Å². The lowest BCUT2D eigenvalue weighted by molar-refractivity contribution is -0.229. The number of esters is 2. The summed E-state index contributed by atoms with van der Waals surface area (Å²) < 4.78 is 32.4. The monoisotopic (exact) mass is 374 g/mol. The van der Waals surface area contributed by atoms with Gasteiger partial charge in [0.05, 0.1) is 39.3 Å². The Kier molecular flexibility index (Phi) is 9.31. The topological polar surface area (TPSA) is 89.5 Å². The van der Waals surface area contributed by atoms with Crippen LogP contribution >= 0.6 is 0 Å². The number of carbonyl (C=O) groups is 2. The van der Waals surface area contributed by atoms with Crippen molar-refractivity contribution in [3.05, 3.63) is 0 Å². The first kappa shape index (κ1) is 21.1. The molecule has 0 aliphatic carbocycles. The van der Waals surface area contributed by atoms with Crippen LogP contribution in [0.2, 0.25) is 0 Å². The molecule has 2 heterocycles. The number of hydrogen-bond acceptors (Lipinski definition) is 8. The van der Waals surface area contributed by atoms with E-state index >= 15 is 0 Å². The molecule has 8 nitrogen and oxygen atoms in total.